The van der Waals surface area contributed by atoms with Gasteiger partial charge in [-0.3, -0.25) is 0 Å². The fourth-order valence-corrected chi connectivity index (χ4v) is 2.16. The van der Waals surface area contributed by atoms with Gasteiger partial charge in [0.2, 0.25) is 0 Å². The summed E-state index contributed by atoms with van der Waals surface area (Å²) >= 11 is 6.04. The molecule has 0 atom stereocenters. The predicted octanol–water partition coefficient (Wildman–Crippen LogP) is 2.84. The molecule has 1 aromatic carbocycles. The summed E-state index contributed by atoms with van der Waals surface area (Å²) in [5.74, 6) is -0.916. The first-order valence-electron chi connectivity index (χ1n) is 4.51. The minimum absolute atomic E-state index is 0.329. The quantitative estimate of drug-likeness (QED) is 0.808. The second-order valence-corrected chi connectivity index (χ2v) is 3.87. The maximum atomic E-state index is 11.1. The number of rotatable bonds is 1. The van der Waals surface area contributed by atoms with Crippen LogP contribution in [-0.2, 0) is 7.05 Å². The van der Waals surface area contributed by atoms with E-state index in [4.69, 9.17) is 16.7 Å². The topological polar surface area (TPSA) is 42.2 Å². The van der Waals surface area contributed by atoms with Crippen molar-refractivity contribution in [2.45, 2.75) is 6.92 Å². The lowest BCUT2D eigenvalue weighted by Crippen LogP contribution is -1.99. The fraction of sp³-hybridized carbons (Fsp3) is 0.182. The second kappa shape index (κ2) is 3.28. The monoisotopic (exact) mass is 223 g/mol. The third-order valence-electron chi connectivity index (χ3n) is 2.67. The van der Waals surface area contributed by atoms with Gasteiger partial charge in [0.25, 0.3) is 0 Å². The number of hydrogen-bond acceptors (Lipinski definition) is 1. The second-order valence-electron chi connectivity index (χ2n) is 3.46. The highest BCUT2D eigenvalue weighted by Gasteiger charge is 2.18. The van der Waals surface area contributed by atoms with Crippen LogP contribution in [0.5, 0.6) is 0 Å². The minimum Gasteiger partial charge on any atom is -0.478 e. The van der Waals surface area contributed by atoms with Crippen molar-refractivity contribution in [3.05, 3.63) is 34.5 Å². The number of carboxylic acids is 1. The molecule has 1 N–H and O–H groups in total. The van der Waals surface area contributed by atoms with E-state index in [1.165, 1.54) is 0 Å². The molecule has 0 fully saturated rings. The van der Waals surface area contributed by atoms with Crippen LogP contribution in [0, 0.1) is 6.92 Å². The Kier molecular flexibility index (Phi) is 2.20. The molecule has 3 nitrogen and oxygen atoms in total. The molecule has 1 heterocycles. The number of para-hydroxylation sites is 1. The molecule has 0 saturated carbocycles. The third kappa shape index (κ3) is 1.31. The minimum atomic E-state index is -0.916. The zero-order valence-corrected chi connectivity index (χ0v) is 9.17. The lowest BCUT2D eigenvalue weighted by atomic mass is 10.1. The largest absolute Gasteiger partial charge is 0.478 e. The molecule has 0 aliphatic carbocycles. The average Bonchev–Trinajstić information content (AvgIpc) is 2.41. The molecule has 2 rings (SSSR count). The summed E-state index contributed by atoms with van der Waals surface area (Å²) in [4.78, 5) is 11.1. The van der Waals surface area contributed by atoms with Crippen LogP contribution in [-0.4, -0.2) is 15.6 Å². The number of aromatic carboxylic acids is 1. The number of aryl methyl sites for hydroxylation is 1. The van der Waals surface area contributed by atoms with Crippen molar-refractivity contribution in [3.8, 4) is 0 Å². The molecule has 2 aromatic rings. The van der Waals surface area contributed by atoms with E-state index in [0.29, 0.717) is 21.7 Å². The summed E-state index contributed by atoms with van der Waals surface area (Å²) in [6, 6.07) is 5.29. The summed E-state index contributed by atoms with van der Waals surface area (Å²) in [6.07, 6.45) is 0. The normalized spacial score (nSPS) is 10.9. The Morgan fingerprint density at radius 3 is 2.73 bits per heavy atom. The number of carboxylic acid groups (broad SMARTS) is 1. The van der Waals surface area contributed by atoms with Crippen molar-refractivity contribution in [1.82, 2.24) is 4.57 Å². The van der Waals surface area contributed by atoms with Gasteiger partial charge in [0.05, 0.1) is 16.1 Å². The average molecular weight is 224 g/mol. The SMILES string of the molecule is Cc1c(C(=O)O)c2cccc(Cl)c2n1C. The van der Waals surface area contributed by atoms with E-state index in [1.807, 2.05) is 7.05 Å². The highest BCUT2D eigenvalue weighted by Crippen LogP contribution is 2.30. The Morgan fingerprint density at radius 1 is 1.47 bits per heavy atom. The molecular formula is C11H10ClNO2. The van der Waals surface area contributed by atoms with Gasteiger partial charge in [0.1, 0.15) is 0 Å². The van der Waals surface area contributed by atoms with Gasteiger partial charge >= 0.3 is 5.97 Å². The first-order valence-corrected chi connectivity index (χ1v) is 4.88. The summed E-state index contributed by atoms with van der Waals surface area (Å²) in [6.45, 7) is 1.78. The summed E-state index contributed by atoms with van der Waals surface area (Å²) in [5, 5.41) is 10.4. The van der Waals surface area contributed by atoms with Gasteiger partial charge in [-0.1, -0.05) is 23.7 Å². The number of fused-ring (bicyclic) bond motifs is 1. The maximum Gasteiger partial charge on any atom is 0.338 e. The number of nitrogens with zero attached hydrogens (tertiary/aromatic N) is 1. The highest BCUT2D eigenvalue weighted by atomic mass is 35.5. The molecule has 0 bridgehead atoms. The van der Waals surface area contributed by atoms with Gasteiger partial charge in [-0.25, -0.2) is 4.79 Å². The van der Waals surface area contributed by atoms with E-state index in [9.17, 15) is 4.79 Å². The van der Waals surface area contributed by atoms with Crippen LogP contribution in [0.4, 0.5) is 0 Å². The van der Waals surface area contributed by atoms with Gasteiger partial charge in [0.15, 0.2) is 0 Å². The lowest BCUT2D eigenvalue weighted by Gasteiger charge is -1.99. The zero-order valence-electron chi connectivity index (χ0n) is 8.41. The van der Waals surface area contributed by atoms with Gasteiger partial charge in [-0.15, -0.1) is 0 Å². The Labute approximate surface area is 91.9 Å². The molecule has 78 valence electrons. The number of halogens is 1. The summed E-state index contributed by atoms with van der Waals surface area (Å²) in [7, 11) is 1.82. The van der Waals surface area contributed by atoms with Crippen LogP contribution in [0.15, 0.2) is 18.2 Å². The van der Waals surface area contributed by atoms with Crippen LogP contribution >= 0.6 is 11.6 Å². The molecule has 4 heteroatoms. The Balaban J connectivity index is 3.00. The summed E-state index contributed by atoms with van der Waals surface area (Å²) in [5.41, 5.74) is 1.81. The molecule has 1 aromatic heterocycles. The van der Waals surface area contributed by atoms with Gasteiger partial charge < -0.3 is 9.67 Å². The predicted molar refractivity (Wildman–Crippen MR) is 59.6 cm³/mol. The van der Waals surface area contributed by atoms with E-state index in [1.54, 1.807) is 29.7 Å². The van der Waals surface area contributed by atoms with Gasteiger partial charge in [0, 0.05) is 18.1 Å². The van der Waals surface area contributed by atoms with Crippen molar-refractivity contribution >= 4 is 28.5 Å². The first kappa shape index (κ1) is 10.1. The maximum absolute atomic E-state index is 11.1. The van der Waals surface area contributed by atoms with Crippen LogP contribution in [0.1, 0.15) is 16.1 Å². The summed E-state index contributed by atoms with van der Waals surface area (Å²) < 4.78 is 1.81. The van der Waals surface area contributed by atoms with Crippen LogP contribution in [0.3, 0.4) is 0 Å². The first-order chi connectivity index (χ1) is 7.04. The van der Waals surface area contributed by atoms with E-state index in [-0.39, 0.29) is 0 Å². The molecule has 0 unspecified atom stereocenters. The fourth-order valence-electron chi connectivity index (χ4n) is 1.86. The van der Waals surface area contributed by atoms with Crippen LogP contribution in [0.2, 0.25) is 5.02 Å². The molecule has 0 radical (unpaired) electrons. The van der Waals surface area contributed by atoms with Crippen molar-refractivity contribution in [2.75, 3.05) is 0 Å². The molecule has 0 saturated heterocycles. The Bertz CT molecular complexity index is 557. The molecule has 0 aliphatic heterocycles. The number of hydrogen-bond donors (Lipinski definition) is 1. The molecule has 0 aliphatic rings. The lowest BCUT2D eigenvalue weighted by molar-refractivity contribution is 0.0698. The van der Waals surface area contributed by atoms with Crippen molar-refractivity contribution in [2.24, 2.45) is 7.05 Å². The number of benzene rings is 1. The smallest absolute Gasteiger partial charge is 0.338 e. The van der Waals surface area contributed by atoms with E-state index < -0.39 is 5.97 Å². The number of aromatic nitrogens is 1. The Hall–Kier alpha value is -1.48. The third-order valence-corrected chi connectivity index (χ3v) is 2.98. The van der Waals surface area contributed by atoms with Gasteiger partial charge in [-0.05, 0) is 13.0 Å². The Morgan fingerprint density at radius 2 is 2.13 bits per heavy atom. The van der Waals surface area contributed by atoms with Gasteiger partial charge in [-0.2, -0.15) is 0 Å². The van der Waals surface area contributed by atoms with Crippen LogP contribution in [0.25, 0.3) is 10.9 Å². The number of carbonyl (C=O) groups is 1. The highest BCUT2D eigenvalue weighted by molar-refractivity contribution is 6.35. The van der Waals surface area contributed by atoms with E-state index in [2.05, 4.69) is 0 Å². The molecular weight excluding hydrogens is 214 g/mol. The standard InChI is InChI=1S/C11H10ClNO2/c1-6-9(11(14)15)7-4-3-5-8(12)10(7)13(6)2/h3-5H,1-2H3,(H,14,15). The van der Waals surface area contributed by atoms with Crippen molar-refractivity contribution < 1.29 is 9.90 Å². The molecule has 15 heavy (non-hydrogen) atoms. The van der Waals surface area contributed by atoms with Crippen molar-refractivity contribution in [3.63, 3.8) is 0 Å². The molecule has 0 spiro atoms. The van der Waals surface area contributed by atoms with Crippen molar-refractivity contribution in [1.29, 1.82) is 0 Å². The van der Waals surface area contributed by atoms with Crippen LogP contribution < -0.4 is 0 Å². The molecule has 0 amide bonds. The van der Waals surface area contributed by atoms with E-state index >= 15 is 0 Å². The van der Waals surface area contributed by atoms with E-state index in [0.717, 1.165) is 5.52 Å². The zero-order chi connectivity index (χ0) is 11.2.